The average Bonchev–Trinajstić information content (AvgIpc) is 2.26. The Balaban J connectivity index is 1.93. The van der Waals surface area contributed by atoms with Crippen LogP contribution in [-0.4, -0.2) is 50.8 Å². The molecule has 1 saturated heterocycles. The van der Waals surface area contributed by atoms with Gasteiger partial charge >= 0.3 is 0 Å². The summed E-state index contributed by atoms with van der Waals surface area (Å²) < 4.78 is 5.82. The molecule has 0 saturated carbocycles. The fourth-order valence-electron chi connectivity index (χ4n) is 1.86. The van der Waals surface area contributed by atoms with Crippen molar-refractivity contribution in [2.45, 2.75) is 25.4 Å². The molecule has 3 heteroatoms. The van der Waals surface area contributed by atoms with Crippen molar-refractivity contribution in [3.05, 3.63) is 12.7 Å². The van der Waals surface area contributed by atoms with Crippen LogP contribution < -0.4 is 5.32 Å². The van der Waals surface area contributed by atoms with Crippen molar-refractivity contribution >= 4 is 0 Å². The minimum atomic E-state index is 0.496. The molecule has 0 radical (unpaired) electrons. The first kappa shape index (κ1) is 12.7. The number of nitrogens with zero attached hydrogens (tertiary/aromatic N) is 1. The Kier molecular flexibility index (Phi) is 6.64. The molecule has 1 aliphatic heterocycles. The van der Waals surface area contributed by atoms with E-state index in [9.17, 15) is 0 Å². The second kappa shape index (κ2) is 7.85. The van der Waals surface area contributed by atoms with Crippen LogP contribution >= 0.6 is 0 Å². The summed E-state index contributed by atoms with van der Waals surface area (Å²) in [5, 5.41) is 3.34. The number of likely N-dealkylation sites (N-methyl/N-ethyl adjacent to an activating group) is 1. The Bertz CT molecular complexity index is 167. The second-order valence-corrected chi connectivity index (χ2v) is 4.22. The van der Waals surface area contributed by atoms with Crippen molar-refractivity contribution < 1.29 is 4.74 Å². The maximum Gasteiger partial charge on any atom is 0.0599 e. The van der Waals surface area contributed by atoms with Gasteiger partial charge in [-0.15, -0.1) is 6.58 Å². The van der Waals surface area contributed by atoms with Crippen LogP contribution in [0.4, 0.5) is 0 Å². The minimum Gasteiger partial charge on any atom is -0.378 e. The van der Waals surface area contributed by atoms with Crippen LogP contribution in [0.15, 0.2) is 12.7 Å². The molecule has 1 heterocycles. The van der Waals surface area contributed by atoms with Gasteiger partial charge in [-0.1, -0.05) is 6.08 Å². The van der Waals surface area contributed by atoms with Crippen LogP contribution in [0.1, 0.15) is 19.3 Å². The standard InChI is InChI=1S/C12H24N2O/c1-3-9-14(2)10-4-11-15-12-5-7-13-8-6-12/h3,12-13H,1,4-11H2,2H3. The molecule has 0 aromatic rings. The Labute approximate surface area is 93.5 Å². The smallest absolute Gasteiger partial charge is 0.0599 e. The van der Waals surface area contributed by atoms with Crippen molar-refractivity contribution in [3.63, 3.8) is 0 Å². The number of piperidine rings is 1. The number of nitrogens with one attached hydrogen (secondary N) is 1. The van der Waals surface area contributed by atoms with Crippen LogP contribution in [0.5, 0.6) is 0 Å². The van der Waals surface area contributed by atoms with Crippen LogP contribution in [-0.2, 0) is 4.74 Å². The Hall–Kier alpha value is -0.380. The third kappa shape index (κ3) is 5.92. The van der Waals surface area contributed by atoms with Crippen LogP contribution in [0, 0.1) is 0 Å². The third-order valence-electron chi connectivity index (χ3n) is 2.76. The van der Waals surface area contributed by atoms with Gasteiger partial charge in [-0.05, 0) is 39.4 Å². The van der Waals surface area contributed by atoms with E-state index >= 15 is 0 Å². The number of hydrogen-bond acceptors (Lipinski definition) is 3. The van der Waals surface area contributed by atoms with Gasteiger partial charge in [-0.3, -0.25) is 0 Å². The van der Waals surface area contributed by atoms with Crippen LogP contribution in [0.3, 0.4) is 0 Å². The molecule has 1 N–H and O–H groups in total. The van der Waals surface area contributed by atoms with E-state index in [4.69, 9.17) is 4.74 Å². The SMILES string of the molecule is C=CCN(C)CCCOC1CCNCC1. The molecule has 3 nitrogen and oxygen atoms in total. The summed E-state index contributed by atoms with van der Waals surface area (Å²) in [5.41, 5.74) is 0. The van der Waals surface area contributed by atoms with E-state index in [0.29, 0.717) is 6.10 Å². The van der Waals surface area contributed by atoms with Gasteiger partial charge in [0.1, 0.15) is 0 Å². The van der Waals surface area contributed by atoms with E-state index in [1.54, 1.807) is 0 Å². The number of ether oxygens (including phenoxy) is 1. The van der Waals surface area contributed by atoms with Gasteiger partial charge in [-0.25, -0.2) is 0 Å². The highest BCUT2D eigenvalue weighted by Crippen LogP contribution is 2.07. The molecule has 0 bridgehead atoms. The first-order valence-corrected chi connectivity index (χ1v) is 5.94. The summed E-state index contributed by atoms with van der Waals surface area (Å²) in [4.78, 5) is 2.26. The van der Waals surface area contributed by atoms with Gasteiger partial charge in [0.2, 0.25) is 0 Å². The van der Waals surface area contributed by atoms with Crippen molar-refractivity contribution in [1.29, 1.82) is 0 Å². The molecule has 0 aromatic heterocycles. The van der Waals surface area contributed by atoms with E-state index < -0.39 is 0 Å². The summed E-state index contributed by atoms with van der Waals surface area (Å²) in [6.45, 7) is 8.90. The zero-order chi connectivity index (χ0) is 10.9. The highest BCUT2D eigenvalue weighted by atomic mass is 16.5. The van der Waals surface area contributed by atoms with Crippen LogP contribution in [0.25, 0.3) is 0 Å². The fraction of sp³-hybridized carbons (Fsp3) is 0.833. The molecular formula is C12H24N2O. The predicted octanol–water partition coefficient (Wildman–Crippen LogP) is 1.26. The first-order valence-electron chi connectivity index (χ1n) is 5.94. The molecule has 0 aliphatic carbocycles. The number of hydrogen-bond donors (Lipinski definition) is 1. The maximum atomic E-state index is 5.82. The molecule has 1 aliphatic rings. The topological polar surface area (TPSA) is 24.5 Å². The molecule has 0 unspecified atom stereocenters. The lowest BCUT2D eigenvalue weighted by atomic mass is 10.1. The Morgan fingerprint density at radius 2 is 2.20 bits per heavy atom. The van der Waals surface area contributed by atoms with E-state index in [2.05, 4.69) is 23.8 Å². The second-order valence-electron chi connectivity index (χ2n) is 4.22. The lowest BCUT2D eigenvalue weighted by Crippen LogP contribution is -2.33. The van der Waals surface area contributed by atoms with Gasteiger partial charge in [0.15, 0.2) is 0 Å². The van der Waals surface area contributed by atoms with E-state index in [0.717, 1.165) is 39.2 Å². The quantitative estimate of drug-likeness (QED) is 0.508. The van der Waals surface area contributed by atoms with Gasteiger partial charge < -0.3 is 15.0 Å². The van der Waals surface area contributed by atoms with Crippen LogP contribution in [0.2, 0.25) is 0 Å². The van der Waals surface area contributed by atoms with Crippen molar-refractivity contribution in [2.24, 2.45) is 0 Å². The predicted molar refractivity (Wildman–Crippen MR) is 64.2 cm³/mol. The molecule has 15 heavy (non-hydrogen) atoms. The summed E-state index contributed by atoms with van der Waals surface area (Å²) in [7, 11) is 2.12. The normalized spacial score (nSPS) is 18.3. The zero-order valence-electron chi connectivity index (χ0n) is 9.87. The molecule has 0 atom stereocenters. The van der Waals surface area contributed by atoms with Crippen molar-refractivity contribution in [2.75, 3.05) is 39.8 Å². The molecule has 0 spiro atoms. The molecule has 1 fully saturated rings. The van der Waals surface area contributed by atoms with Crippen molar-refractivity contribution in [1.82, 2.24) is 10.2 Å². The van der Waals surface area contributed by atoms with Gasteiger partial charge in [0.25, 0.3) is 0 Å². The summed E-state index contributed by atoms with van der Waals surface area (Å²) in [6.07, 6.45) is 5.89. The van der Waals surface area contributed by atoms with E-state index in [-0.39, 0.29) is 0 Å². The maximum absolute atomic E-state index is 5.82. The number of rotatable bonds is 7. The van der Waals surface area contributed by atoms with E-state index in [1.807, 2.05) is 6.08 Å². The lowest BCUT2D eigenvalue weighted by molar-refractivity contribution is 0.0290. The summed E-state index contributed by atoms with van der Waals surface area (Å²) in [5.74, 6) is 0. The van der Waals surface area contributed by atoms with E-state index in [1.165, 1.54) is 12.8 Å². The third-order valence-corrected chi connectivity index (χ3v) is 2.76. The molecule has 0 amide bonds. The summed E-state index contributed by atoms with van der Waals surface area (Å²) >= 11 is 0. The highest BCUT2D eigenvalue weighted by molar-refractivity contribution is 4.71. The molecule has 1 rings (SSSR count). The van der Waals surface area contributed by atoms with Crippen molar-refractivity contribution in [3.8, 4) is 0 Å². The fourth-order valence-corrected chi connectivity index (χ4v) is 1.86. The highest BCUT2D eigenvalue weighted by Gasteiger charge is 2.12. The minimum absolute atomic E-state index is 0.496. The molecule has 88 valence electrons. The lowest BCUT2D eigenvalue weighted by Gasteiger charge is -2.23. The van der Waals surface area contributed by atoms with Gasteiger partial charge in [-0.2, -0.15) is 0 Å². The molecular weight excluding hydrogens is 188 g/mol. The largest absolute Gasteiger partial charge is 0.378 e. The van der Waals surface area contributed by atoms with Gasteiger partial charge in [0, 0.05) is 19.7 Å². The first-order chi connectivity index (χ1) is 7.33. The Morgan fingerprint density at radius 1 is 1.47 bits per heavy atom. The average molecular weight is 212 g/mol. The Morgan fingerprint density at radius 3 is 2.87 bits per heavy atom. The monoisotopic (exact) mass is 212 g/mol. The van der Waals surface area contributed by atoms with Gasteiger partial charge in [0.05, 0.1) is 6.10 Å². The summed E-state index contributed by atoms with van der Waals surface area (Å²) in [6, 6.07) is 0. The zero-order valence-corrected chi connectivity index (χ0v) is 9.87. The molecule has 0 aromatic carbocycles.